The molecule has 0 N–H and O–H groups in total. The van der Waals surface area contributed by atoms with E-state index in [0.29, 0.717) is 5.41 Å². The maximum atomic E-state index is 2.75. The number of hydrogen-bond acceptors (Lipinski definition) is 3. The Kier molecular flexibility index (Phi) is 3.65. The molecule has 0 unspecified atom stereocenters. The van der Waals surface area contributed by atoms with Gasteiger partial charge in [0.05, 0.1) is 0 Å². The van der Waals surface area contributed by atoms with Gasteiger partial charge in [0, 0.05) is 56.8 Å². The van der Waals surface area contributed by atoms with Gasteiger partial charge in [0.1, 0.15) is 0 Å². The van der Waals surface area contributed by atoms with Crippen LogP contribution in [0, 0.1) is 11.3 Å². The van der Waals surface area contributed by atoms with Gasteiger partial charge in [-0.2, -0.15) is 0 Å². The van der Waals surface area contributed by atoms with Crippen molar-refractivity contribution in [2.45, 2.75) is 46.2 Å². The third-order valence-corrected chi connectivity index (χ3v) is 5.56. The van der Waals surface area contributed by atoms with Gasteiger partial charge < -0.3 is 9.80 Å². The fraction of sp³-hybridized carbons (Fsp3) is 1.00. The van der Waals surface area contributed by atoms with Gasteiger partial charge in [-0.3, -0.25) is 4.90 Å². The van der Waals surface area contributed by atoms with Crippen LogP contribution < -0.4 is 0 Å². The summed E-state index contributed by atoms with van der Waals surface area (Å²) in [5.41, 5.74) is 0.672. The lowest BCUT2D eigenvalue weighted by Crippen LogP contribution is -2.60. The molecule has 0 aromatic carbocycles. The van der Waals surface area contributed by atoms with Crippen molar-refractivity contribution in [1.82, 2.24) is 14.7 Å². The summed E-state index contributed by atoms with van der Waals surface area (Å²) in [4.78, 5) is 7.98. The van der Waals surface area contributed by atoms with Crippen molar-refractivity contribution in [2.24, 2.45) is 11.3 Å². The summed E-state index contributed by atoms with van der Waals surface area (Å²) in [6, 6.07) is 1.48. The van der Waals surface area contributed by atoms with Crippen LogP contribution in [-0.2, 0) is 0 Å². The molecule has 3 heteroatoms. The zero-order chi connectivity index (χ0) is 13.6. The van der Waals surface area contributed by atoms with Gasteiger partial charge in [-0.25, -0.2) is 0 Å². The van der Waals surface area contributed by atoms with E-state index < -0.39 is 0 Å². The zero-order valence-corrected chi connectivity index (χ0v) is 13.2. The fourth-order valence-electron chi connectivity index (χ4n) is 4.13. The molecule has 0 aromatic heterocycles. The quantitative estimate of drug-likeness (QED) is 0.767. The van der Waals surface area contributed by atoms with E-state index >= 15 is 0 Å². The Balaban J connectivity index is 1.39. The number of likely N-dealkylation sites (tertiary alicyclic amines) is 3. The van der Waals surface area contributed by atoms with Gasteiger partial charge in [0.25, 0.3) is 0 Å². The second kappa shape index (κ2) is 5.01. The summed E-state index contributed by atoms with van der Waals surface area (Å²) in [6.45, 7) is 18.7. The Bertz CT molecular complexity index is 314. The SMILES string of the molecule is CC(C)N1CC(CN2CCC3(C2)CN(C(C)C)C3)C1. The molecule has 3 rings (SSSR count). The van der Waals surface area contributed by atoms with Crippen LogP contribution in [-0.4, -0.2) is 72.6 Å². The van der Waals surface area contributed by atoms with Crippen LogP contribution in [0.3, 0.4) is 0 Å². The summed E-state index contributed by atoms with van der Waals surface area (Å²) in [6.07, 6.45) is 1.44. The highest BCUT2D eigenvalue weighted by Crippen LogP contribution is 2.40. The minimum absolute atomic E-state index is 0.672. The van der Waals surface area contributed by atoms with E-state index in [4.69, 9.17) is 0 Å². The second-order valence-electron chi connectivity index (χ2n) is 7.90. The van der Waals surface area contributed by atoms with E-state index in [1.165, 1.54) is 52.2 Å². The van der Waals surface area contributed by atoms with Crippen LogP contribution in [0.2, 0.25) is 0 Å². The first-order chi connectivity index (χ1) is 8.97. The molecule has 0 aromatic rings. The summed E-state index contributed by atoms with van der Waals surface area (Å²) in [5, 5.41) is 0. The molecule has 3 saturated heterocycles. The third-order valence-electron chi connectivity index (χ3n) is 5.56. The highest BCUT2D eigenvalue weighted by molar-refractivity contribution is 5.02. The van der Waals surface area contributed by atoms with E-state index in [1.807, 2.05) is 0 Å². The first-order valence-electron chi connectivity index (χ1n) is 8.18. The molecular formula is C16H31N3. The van der Waals surface area contributed by atoms with E-state index in [0.717, 1.165) is 18.0 Å². The van der Waals surface area contributed by atoms with Crippen LogP contribution in [0.25, 0.3) is 0 Å². The van der Waals surface area contributed by atoms with E-state index in [9.17, 15) is 0 Å². The molecule has 110 valence electrons. The predicted octanol–water partition coefficient (Wildman–Crippen LogP) is 1.74. The maximum absolute atomic E-state index is 2.75. The van der Waals surface area contributed by atoms with E-state index in [1.54, 1.807) is 0 Å². The standard InChI is InChI=1S/C16H31N3/c1-13(2)18-8-15(9-18)7-17-6-5-16(10-17)11-19(12-16)14(3)4/h13-15H,5-12H2,1-4H3. The molecule has 0 aliphatic carbocycles. The van der Waals surface area contributed by atoms with Crippen LogP contribution in [0.1, 0.15) is 34.1 Å². The minimum atomic E-state index is 0.672. The van der Waals surface area contributed by atoms with Crippen molar-refractivity contribution < 1.29 is 0 Å². The summed E-state index contributed by atoms with van der Waals surface area (Å²) in [5.74, 6) is 0.943. The minimum Gasteiger partial charge on any atom is -0.302 e. The van der Waals surface area contributed by atoms with Crippen molar-refractivity contribution in [3.8, 4) is 0 Å². The van der Waals surface area contributed by atoms with Gasteiger partial charge in [-0.05, 0) is 46.6 Å². The van der Waals surface area contributed by atoms with Gasteiger partial charge in [0.15, 0.2) is 0 Å². The number of nitrogens with zero attached hydrogens (tertiary/aromatic N) is 3. The smallest absolute Gasteiger partial charge is 0.00971 e. The Labute approximate surface area is 118 Å². The average molecular weight is 265 g/mol. The predicted molar refractivity (Wildman–Crippen MR) is 80.4 cm³/mol. The number of hydrogen-bond donors (Lipinski definition) is 0. The summed E-state index contributed by atoms with van der Waals surface area (Å²) in [7, 11) is 0. The van der Waals surface area contributed by atoms with Gasteiger partial charge in [-0.1, -0.05) is 0 Å². The van der Waals surface area contributed by atoms with Crippen LogP contribution in [0.5, 0.6) is 0 Å². The summed E-state index contributed by atoms with van der Waals surface area (Å²) >= 11 is 0. The topological polar surface area (TPSA) is 9.72 Å². The first-order valence-corrected chi connectivity index (χ1v) is 8.18. The molecule has 0 radical (unpaired) electrons. The van der Waals surface area contributed by atoms with Gasteiger partial charge >= 0.3 is 0 Å². The Morgan fingerprint density at radius 1 is 0.947 bits per heavy atom. The lowest BCUT2D eigenvalue weighted by atomic mass is 9.78. The van der Waals surface area contributed by atoms with Crippen molar-refractivity contribution in [1.29, 1.82) is 0 Å². The molecule has 0 bridgehead atoms. The number of rotatable bonds is 4. The molecule has 0 saturated carbocycles. The maximum Gasteiger partial charge on any atom is 0.00971 e. The van der Waals surface area contributed by atoms with Crippen molar-refractivity contribution in [3.05, 3.63) is 0 Å². The molecular weight excluding hydrogens is 234 g/mol. The Hall–Kier alpha value is -0.120. The fourth-order valence-corrected chi connectivity index (χ4v) is 4.13. The van der Waals surface area contributed by atoms with Gasteiger partial charge in [0.2, 0.25) is 0 Å². The molecule has 3 fully saturated rings. The Morgan fingerprint density at radius 3 is 2.16 bits per heavy atom. The Morgan fingerprint density at radius 2 is 1.58 bits per heavy atom. The van der Waals surface area contributed by atoms with Gasteiger partial charge in [-0.15, -0.1) is 0 Å². The molecule has 3 nitrogen and oxygen atoms in total. The lowest BCUT2D eigenvalue weighted by Gasteiger charge is -2.50. The molecule has 3 aliphatic rings. The first kappa shape index (κ1) is 13.8. The van der Waals surface area contributed by atoms with Crippen LogP contribution in [0.15, 0.2) is 0 Å². The third kappa shape index (κ3) is 2.70. The summed E-state index contributed by atoms with van der Waals surface area (Å²) < 4.78 is 0. The molecule has 0 atom stereocenters. The lowest BCUT2D eigenvalue weighted by molar-refractivity contribution is -0.0185. The highest BCUT2D eigenvalue weighted by atomic mass is 15.3. The monoisotopic (exact) mass is 265 g/mol. The molecule has 0 amide bonds. The second-order valence-corrected chi connectivity index (χ2v) is 7.90. The van der Waals surface area contributed by atoms with Crippen molar-refractivity contribution in [2.75, 3.05) is 45.8 Å². The van der Waals surface area contributed by atoms with Crippen LogP contribution >= 0.6 is 0 Å². The van der Waals surface area contributed by atoms with E-state index in [-0.39, 0.29) is 0 Å². The molecule has 3 aliphatic heterocycles. The molecule has 19 heavy (non-hydrogen) atoms. The van der Waals surface area contributed by atoms with Crippen molar-refractivity contribution >= 4 is 0 Å². The van der Waals surface area contributed by atoms with Crippen LogP contribution in [0.4, 0.5) is 0 Å². The highest BCUT2D eigenvalue weighted by Gasteiger charge is 2.48. The van der Waals surface area contributed by atoms with Crippen molar-refractivity contribution in [3.63, 3.8) is 0 Å². The molecule has 3 heterocycles. The molecule has 1 spiro atoms. The normalized spacial score (nSPS) is 29.4. The largest absolute Gasteiger partial charge is 0.302 e. The zero-order valence-electron chi connectivity index (χ0n) is 13.2. The van der Waals surface area contributed by atoms with E-state index in [2.05, 4.69) is 42.4 Å². The average Bonchev–Trinajstić information content (AvgIpc) is 2.63.